The smallest absolute Gasteiger partial charge is 0.245 e. The number of rotatable bonds is 5. The van der Waals surface area contributed by atoms with E-state index in [1.54, 1.807) is 18.2 Å². The quantitative estimate of drug-likeness (QED) is 0.875. The summed E-state index contributed by atoms with van der Waals surface area (Å²) in [5.74, 6) is -0.482. The van der Waals surface area contributed by atoms with Crippen LogP contribution in [0.5, 0.6) is 0 Å². The highest BCUT2D eigenvalue weighted by Crippen LogP contribution is 2.28. The highest BCUT2D eigenvalue weighted by molar-refractivity contribution is 7.92. The van der Waals surface area contributed by atoms with Crippen molar-refractivity contribution in [2.45, 2.75) is 20.8 Å². The van der Waals surface area contributed by atoms with E-state index in [1.807, 2.05) is 39.0 Å². The summed E-state index contributed by atoms with van der Waals surface area (Å²) in [6.07, 6.45) is 1.08. The van der Waals surface area contributed by atoms with Gasteiger partial charge in [0.2, 0.25) is 15.9 Å². The molecule has 0 saturated heterocycles. The molecule has 1 N–H and O–H groups in total. The molecule has 0 fully saturated rings. The first-order valence-electron chi connectivity index (χ1n) is 7.97. The molecule has 0 radical (unpaired) electrons. The van der Waals surface area contributed by atoms with Crippen molar-refractivity contribution in [3.05, 3.63) is 58.7 Å². The van der Waals surface area contributed by atoms with E-state index in [4.69, 9.17) is 5.26 Å². The standard InChI is InChI=1S/C19H21N3O3S/c1-13-8-14(2)19(15(3)9-13)22(26(4,24)25)12-18(23)21-17-7-5-6-16(10-17)11-20/h5-10H,12H2,1-4H3,(H,21,23). The van der Waals surface area contributed by atoms with Crippen molar-refractivity contribution in [3.63, 3.8) is 0 Å². The van der Waals surface area contributed by atoms with Crippen LogP contribution < -0.4 is 9.62 Å². The normalized spacial score (nSPS) is 10.9. The molecule has 0 aliphatic carbocycles. The molecule has 6 nitrogen and oxygen atoms in total. The lowest BCUT2D eigenvalue weighted by atomic mass is 10.1. The molecular formula is C19H21N3O3S. The Morgan fingerprint density at radius 3 is 2.31 bits per heavy atom. The van der Waals surface area contributed by atoms with Gasteiger partial charge in [0.15, 0.2) is 0 Å². The number of amides is 1. The van der Waals surface area contributed by atoms with Gasteiger partial charge in [-0.15, -0.1) is 0 Å². The number of carbonyl (C=O) groups is 1. The number of nitriles is 1. The van der Waals surface area contributed by atoms with Gasteiger partial charge in [-0.1, -0.05) is 23.8 Å². The van der Waals surface area contributed by atoms with Gasteiger partial charge in [-0.3, -0.25) is 9.10 Å². The molecule has 26 heavy (non-hydrogen) atoms. The minimum Gasteiger partial charge on any atom is -0.324 e. The Balaban J connectivity index is 2.32. The highest BCUT2D eigenvalue weighted by Gasteiger charge is 2.24. The molecule has 0 aliphatic rings. The first-order chi connectivity index (χ1) is 12.1. The Hall–Kier alpha value is -2.85. The third-order valence-electron chi connectivity index (χ3n) is 3.85. The van der Waals surface area contributed by atoms with E-state index in [2.05, 4.69) is 5.32 Å². The lowest BCUT2D eigenvalue weighted by Crippen LogP contribution is -2.38. The average Bonchev–Trinajstić information content (AvgIpc) is 2.52. The van der Waals surface area contributed by atoms with Crippen molar-refractivity contribution in [2.75, 3.05) is 22.4 Å². The predicted molar refractivity (Wildman–Crippen MR) is 103 cm³/mol. The average molecular weight is 371 g/mol. The summed E-state index contributed by atoms with van der Waals surface area (Å²) in [5, 5.41) is 11.6. The first-order valence-corrected chi connectivity index (χ1v) is 9.82. The Labute approximate surface area is 154 Å². The van der Waals surface area contributed by atoms with E-state index in [0.29, 0.717) is 16.9 Å². The van der Waals surface area contributed by atoms with Crippen LogP contribution in [0.2, 0.25) is 0 Å². The zero-order chi connectivity index (χ0) is 19.5. The summed E-state index contributed by atoms with van der Waals surface area (Å²) >= 11 is 0. The number of anilines is 2. The van der Waals surface area contributed by atoms with Gasteiger partial charge in [0.1, 0.15) is 6.54 Å². The third-order valence-corrected chi connectivity index (χ3v) is 4.96. The zero-order valence-electron chi connectivity index (χ0n) is 15.2. The lowest BCUT2D eigenvalue weighted by molar-refractivity contribution is -0.114. The number of hydrogen-bond acceptors (Lipinski definition) is 4. The molecule has 0 spiro atoms. The van der Waals surface area contributed by atoms with Crippen LogP contribution >= 0.6 is 0 Å². The number of nitrogens with zero attached hydrogens (tertiary/aromatic N) is 2. The summed E-state index contributed by atoms with van der Waals surface area (Å²) in [6.45, 7) is 5.23. The van der Waals surface area contributed by atoms with E-state index >= 15 is 0 Å². The van der Waals surface area contributed by atoms with Crippen molar-refractivity contribution in [1.82, 2.24) is 0 Å². The summed E-state index contributed by atoms with van der Waals surface area (Å²) in [6, 6.07) is 12.2. The van der Waals surface area contributed by atoms with E-state index in [0.717, 1.165) is 27.3 Å². The molecule has 0 aromatic heterocycles. The van der Waals surface area contributed by atoms with Crippen LogP contribution in [0, 0.1) is 32.1 Å². The Morgan fingerprint density at radius 1 is 1.15 bits per heavy atom. The molecule has 0 saturated carbocycles. The first kappa shape index (κ1) is 19.5. The third kappa shape index (κ3) is 4.61. The van der Waals surface area contributed by atoms with Gasteiger partial charge in [0.05, 0.1) is 23.6 Å². The SMILES string of the molecule is Cc1cc(C)c(N(CC(=O)Nc2cccc(C#N)c2)S(C)(=O)=O)c(C)c1. The molecule has 1 amide bonds. The van der Waals surface area contributed by atoms with Crippen molar-refractivity contribution in [2.24, 2.45) is 0 Å². The van der Waals surface area contributed by atoms with Gasteiger partial charge < -0.3 is 5.32 Å². The number of sulfonamides is 1. The van der Waals surface area contributed by atoms with Gasteiger partial charge >= 0.3 is 0 Å². The van der Waals surface area contributed by atoms with Crippen molar-refractivity contribution >= 4 is 27.3 Å². The molecule has 0 bridgehead atoms. The lowest BCUT2D eigenvalue weighted by Gasteiger charge is -2.26. The molecule has 7 heteroatoms. The van der Waals surface area contributed by atoms with Crippen molar-refractivity contribution < 1.29 is 13.2 Å². The van der Waals surface area contributed by atoms with E-state index in [9.17, 15) is 13.2 Å². The van der Waals surface area contributed by atoms with Crippen LogP contribution in [0.4, 0.5) is 11.4 Å². The second-order valence-corrected chi connectivity index (χ2v) is 8.16. The molecule has 0 aliphatic heterocycles. The van der Waals surface area contributed by atoms with Gasteiger partial charge in [-0.25, -0.2) is 8.42 Å². The maximum Gasteiger partial charge on any atom is 0.245 e. The molecule has 0 heterocycles. The number of nitrogens with one attached hydrogen (secondary N) is 1. The highest BCUT2D eigenvalue weighted by atomic mass is 32.2. The van der Waals surface area contributed by atoms with Crippen LogP contribution in [0.3, 0.4) is 0 Å². The van der Waals surface area contributed by atoms with Crippen LogP contribution in [0.1, 0.15) is 22.3 Å². The number of benzene rings is 2. The molecule has 136 valence electrons. The van der Waals surface area contributed by atoms with Crippen molar-refractivity contribution in [1.29, 1.82) is 5.26 Å². The fourth-order valence-corrected chi connectivity index (χ4v) is 3.90. The van der Waals surface area contributed by atoms with E-state index in [-0.39, 0.29) is 6.54 Å². The minimum absolute atomic E-state index is 0.347. The fraction of sp³-hybridized carbons (Fsp3) is 0.263. The Bertz CT molecular complexity index is 968. The monoisotopic (exact) mass is 371 g/mol. The van der Waals surface area contributed by atoms with Crippen molar-refractivity contribution in [3.8, 4) is 6.07 Å². The molecule has 2 aromatic rings. The fourth-order valence-electron chi connectivity index (χ4n) is 2.93. The Morgan fingerprint density at radius 2 is 1.77 bits per heavy atom. The number of carbonyl (C=O) groups excluding carboxylic acids is 1. The molecule has 0 atom stereocenters. The second kappa shape index (κ2) is 7.58. The van der Waals surface area contributed by atoms with Gasteiger partial charge in [-0.05, 0) is 50.1 Å². The van der Waals surface area contributed by atoms with Gasteiger partial charge in [-0.2, -0.15) is 5.26 Å². The number of hydrogen-bond donors (Lipinski definition) is 1. The topological polar surface area (TPSA) is 90.3 Å². The summed E-state index contributed by atoms with van der Waals surface area (Å²) in [5.41, 5.74) is 3.96. The van der Waals surface area contributed by atoms with E-state index in [1.165, 1.54) is 6.07 Å². The zero-order valence-corrected chi connectivity index (χ0v) is 16.0. The maximum absolute atomic E-state index is 12.4. The van der Waals surface area contributed by atoms with Gasteiger partial charge in [0.25, 0.3) is 0 Å². The second-order valence-electron chi connectivity index (χ2n) is 6.26. The summed E-state index contributed by atoms with van der Waals surface area (Å²) < 4.78 is 25.7. The molecule has 0 unspecified atom stereocenters. The molecule has 2 aromatic carbocycles. The van der Waals surface area contributed by atoms with Crippen LogP contribution in [0.15, 0.2) is 36.4 Å². The maximum atomic E-state index is 12.4. The molecular weight excluding hydrogens is 350 g/mol. The van der Waals surface area contributed by atoms with Crippen LogP contribution in [-0.4, -0.2) is 27.1 Å². The largest absolute Gasteiger partial charge is 0.324 e. The number of aryl methyl sites for hydroxylation is 3. The minimum atomic E-state index is -3.66. The Kier molecular flexibility index (Phi) is 5.68. The van der Waals surface area contributed by atoms with Gasteiger partial charge in [0, 0.05) is 5.69 Å². The van der Waals surface area contributed by atoms with Crippen LogP contribution in [0.25, 0.3) is 0 Å². The molecule has 2 rings (SSSR count). The van der Waals surface area contributed by atoms with E-state index < -0.39 is 15.9 Å². The van der Waals surface area contributed by atoms with Crippen LogP contribution in [-0.2, 0) is 14.8 Å². The predicted octanol–water partition coefficient (Wildman–Crippen LogP) is 2.89. The summed E-state index contributed by atoms with van der Waals surface area (Å²) in [7, 11) is -3.66. The summed E-state index contributed by atoms with van der Waals surface area (Å²) in [4.78, 5) is 12.4.